The number of hydrogen-bond donors (Lipinski definition) is 1. The van der Waals surface area contributed by atoms with E-state index in [2.05, 4.69) is 36.2 Å². The van der Waals surface area contributed by atoms with Gasteiger partial charge < -0.3 is 9.88 Å². The summed E-state index contributed by atoms with van der Waals surface area (Å²) >= 11 is 0. The molecule has 106 valence electrons. The fourth-order valence-corrected chi connectivity index (χ4v) is 2.49. The maximum atomic E-state index is 12.6. The lowest BCUT2D eigenvalue weighted by molar-refractivity contribution is 0.0787. The van der Waals surface area contributed by atoms with Crippen molar-refractivity contribution in [2.24, 2.45) is 0 Å². The topological polar surface area (TPSA) is 36.1 Å². The molecule has 21 heavy (non-hydrogen) atoms. The fraction of sp³-hybridized carbons (Fsp3) is 0.167. The predicted molar refractivity (Wildman–Crippen MR) is 85.3 cm³/mol. The normalized spacial score (nSPS) is 10.8. The van der Waals surface area contributed by atoms with Crippen molar-refractivity contribution in [1.29, 1.82) is 0 Å². The molecule has 0 aliphatic carbocycles. The van der Waals surface area contributed by atoms with Crippen molar-refractivity contribution in [1.82, 2.24) is 9.88 Å². The summed E-state index contributed by atoms with van der Waals surface area (Å²) in [4.78, 5) is 17.5. The number of benzene rings is 2. The number of rotatable bonds is 3. The van der Waals surface area contributed by atoms with E-state index in [1.54, 1.807) is 11.1 Å². The monoisotopic (exact) mass is 278 g/mol. The van der Waals surface area contributed by atoms with Gasteiger partial charge in [-0.1, -0.05) is 48.0 Å². The number of fused-ring (bicyclic) bond motifs is 1. The van der Waals surface area contributed by atoms with Gasteiger partial charge >= 0.3 is 0 Å². The Balaban J connectivity index is 1.82. The van der Waals surface area contributed by atoms with Gasteiger partial charge in [-0.15, -0.1) is 0 Å². The van der Waals surface area contributed by atoms with Gasteiger partial charge in [0.05, 0.1) is 5.56 Å². The number of amides is 1. The highest BCUT2D eigenvalue weighted by molar-refractivity contribution is 6.06. The van der Waals surface area contributed by atoms with Crippen LogP contribution < -0.4 is 0 Å². The number of carbonyl (C=O) groups excluding carboxylic acids is 1. The van der Waals surface area contributed by atoms with Gasteiger partial charge in [0.15, 0.2) is 0 Å². The second-order valence-corrected chi connectivity index (χ2v) is 5.39. The van der Waals surface area contributed by atoms with Crippen LogP contribution in [0.4, 0.5) is 0 Å². The molecule has 1 N–H and O–H groups in total. The van der Waals surface area contributed by atoms with Gasteiger partial charge in [0.2, 0.25) is 0 Å². The first-order valence-corrected chi connectivity index (χ1v) is 7.02. The number of aromatic nitrogens is 1. The fourth-order valence-electron chi connectivity index (χ4n) is 2.49. The molecule has 0 fully saturated rings. The number of nitrogens with zero attached hydrogens (tertiary/aromatic N) is 1. The van der Waals surface area contributed by atoms with E-state index in [-0.39, 0.29) is 5.91 Å². The Kier molecular flexibility index (Phi) is 3.48. The van der Waals surface area contributed by atoms with Crippen molar-refractivity contribution >= 4 is 16.8 Å². The number of carbonyl (C=O) groups is 1. The van der Waals surface area contributed by atoms with E-state index in [0.717, 1.165) is 22.0 Å². The third-order valence-electron chi connectivity index (χ3n) is 3.71. The van der Waals surface area contributed by atoms with Gasteiger partial charge in [-0.3, -0.25) is 4.79 Å². The van der Waals surface area contributed by atoms with Gasteiger partial charge in [-0.05, 0) is 18.6 Å². The Morgan fingerprint density at radius 2 is 1.81 bits per heavy atom. The average molecular weight is 278 g/mol. The standard InChI is InChI=1S/C18H18N2O/c1-13-7-9-14(10-8-13)12-20(2)18(21)16-11-19-17-6-4-3-5-15(16)17/h3-11,19H,12H2,1-2H3. The molecule has 3 aromatic rings. The van der Waals surface area contributed by atoms with Crippen molar-refractivity contribution in [2.75, 3.05) is 7.05 Å². The molecule has 0 radical (unpaired) electrons. The summed E-state index contributed by atoms with van der Waals surface area (Å²) in [6, 6.07) is 16.1. The molecule has 3 heteroatoms. The minimum atomic E-state index is 0.0352. The highest BCUT2D eigenvalue weighted by Crippen LogP contribution is 2.19. The van der Waals surface area contributed by atoms with Crippen LogP contribution in [0.15, 0.2) is 54.7 Å². The van der Waals surface area contributed by atoms with Crippen LogP contribution in [-0.2, 0) is 6.54 Å². The number of nitrogens with one attached hydrogen (secondary N) is 1. The Bertz CT molecular complexity index is 771. The zero-order valence-electron chi connectivity index (χ0n) is 12.3. The zero-order valence-corrected chi connectivity index (χ0v) is 12.3. The Morgan fingerprint density at radius 1 is 1.10 bits per heavy atom. The number of aromatic amines is 1. The molecule has 0 spiro atoms. The summed E-state index contributed by atoms with van der Waals surface area (Å²) < 4.78 is 0. The second-order valence-electron chi connectivity index (χ2n) is 5.39. The summed E-state index contributed by atoms with van der Waals surface area (Å²) in [5.74, 6) is 0.0352. The highest BCUT2D eigenvalue weighted by Gasteiger charge is 2.16. The molecule has 0 atom stereocenters. The third kappa shape index (κ3) is 2.68. The van der Waals surface area contributed by atoms with Crippen LogP contribution in [0.25, 0.3) is 10.9 Å². The molecule has 0 unspecified atom stereocenters. The molecular weight excluding hydrogens is 260 g/mol. The third-order valence-corrected chi connectivity index (χ3v) is 3.71. The van der Waals surface area contributed by atoms with Crippen LogP contribution in [0.5, 0.6) is 0 Å². The van der Waals surface area contributed by atoms with E-state index in [4.69, 9.17) is 0 Å². The lowest BCUT2D eigenvalue weighted by Crippen LogP contribution is -2.25. The molecular formula is C18H18N2O. The smallest absolute Gasteiger partial charge is 0.256 e. The van der Waals surface area contributed by atoms with Crippen molar-refractivity contribution in [2.45, 2.75) is 13.5 Å². The summed E-state index contributed by atoms with van der Waals surface area (Å²) in [7, 11) is 1.84. The predicted octanol–water partition coefficient (Wildman–Crippen LogP) is 3.75. The summed E-state index contributed by atoms with van der Waals surface area (Å²) in [5.41, 5.74) is 4.07. The van der Waals surface area contributed by atoms with E-state index in [0.29, 0.717) is 6.54 Å². The minimum absolute atomic E-state index is 0.0352. The zero-order chi connectivity index (χ0) is 14.8. The van der Waals surface area contributed by atoms with Crippen LogP contribution in [0.2, 0.25) is 0 Å². The van der Waals surface area contributed by atoms with Gasteiger partial charge in [-0.2, -0.15) is 0 Å². The molecule has 2 aromatic carbocycles. The number of H-pyrrole nitrogens is 1. The van der Waals surface area contributed by atoms with Crippen molar-refractivity contribution in [3.8, 4) is 0 Å². The average Bonchev–Trinajstić information content (AvgIpc) is 2.92. The maximum Gasteiger partial charge on any atom is 0.256 e. The molecule has 1 amide bonds. The van der Waals surface area contributed by atoms with E-state index >= 15 is 0 Å². The molecule has 0 aliphatic heterocycles. The summed E-state index contributed by atoms with van der Waals surface area (Å²) in [5, 5.41) is 0.971. The quantitative estimate of drug-likeness (QED) is 0.778. The first-order chi connectivity index (χ1) is 10.1. The molecule has 1 aromatic heterocycles. The van der Waals surface area contributed by atoms with E-state index in [9.17, 15) is 4.79 Å². The summed E-state index contributed by atoms with van der Waals surface area (Å²) in [6.45, 7) is 2.67. The second kappa shape index (κ2) is 5.44. The van der Waals surface area contributed by atoms with E-state index < -0.39 is 0 Å². The molecule has 0 bridgehead atoms. The van der Waals surface area contributed by atoms with Gasteiger partial charge in [0.1, 0.15) is 0 Å². The van der Waals surface area contributed by atoms with Crippen LogP contribution >= 0.6 is 0 Å². The van der Waals surface area contributed by atoms with Gasteiger partial charge in [0, 0.05) is 30.7 Å². The number of aryl methyl sites for hydroxylation is 1. The Morgan fingerprint density at radius 3 is 2.57 bits per heavy atom. The van der Waals surface area contributed by atoms with Crippen molar-refractivity contribution < 1.29 is 4.79 Å². The van der Waals surface area contributed by atoms with Crippen LogP contribution in [0, 0.1) is 6.92 Å². The SMILES string of the molecule is Cc1ccc(CN(C)C(=O)c2c[nH]c3ccccc23)cc1. The van der Waals surface area contributed by atoms with Crippen LogP contribution in [0.3, 0.4) is 0 Å². The van der Waals surface area contributed by atoms with Gasteiger partial charge in [0.25, 0.3) is 5.91 Å². The van der Waals surface area contributed by atoms with Crippen LogP contribution in [0.1, 0.15) is 21.5 Å². The molecule has 0 saturated carbocycles. The van der Waals surface area contributed by atoms with E-state index in [1.807, 2.05) is 31.3 Å². The minimum Gasteiger partial charge on any atom is -0.360 e. The van der Waals surface area contributed by atoms with Gasteiger partial charge in [-0.25, -0.2) is 0 Å². The molecule has 3 nitrogen and oxygen atoms in total. The number of para-hydroxylation sites is 1. The maximum absolute atomic E-state index is 12.6. The lowest BCUT2D eigenvalue weighted by atomic mass is 10.1. The Hall–Kier alpha value is -2.55. The first kappa shape index (κ1) is 13.4. The molecule has 1 heterocycles. The highest BCUT2D eigenvalue weighted by atomic mass is 16.2. The molecule has 0 aliphatic rings. The van der Waals surface area contributed by atoms with E-state index in [1.165, 1.54) is 5.56 Å². The van der Waals surface area contributed by atoms with Crippen LogP contribution in [-0.4, -0.2) is 22.8 Å². The lowest BCUT2D eigenvalue weighted by Gasteiger charge is -2.17. The first-order valence-electron chi connectivity index (χ1n) is 7.02. The number of hydrogen-bond acceptors (Lipinski definition) is 1. The molecule has 3 rings (SSSR count). The molecule has 0 saturated heterocycles. The summed E-state index contributed by atoms with van der Waals surface area (Å²) in [6.07, 6.45) is 1.79. The largest absolute Gasteiger partial charge is 0.360 e. The van der Waals surface area contributed by atoms with Crippen molar-refractivity contribution in [3.05, 3.63) is 71.4 Å². The van der Waals surface area contributed by atoms with Crippen molar-refractivity contribution in [3.63, 3.8) is 0 Å². The Labute approximate surface area is 124 Å².